The summed E-state index contributed by atoms with van der Waals surface area (Å²) in [5.74, 6) is 0.815. The van der Waals surface area contributed by atoms with Gasteiger partial charge in [0.25, 0.3) is 5.91 Å². The molecule has 2 heterocycles. The van der Waals surface area contributed by atoms with Crippen molar-refractivity contribution in [2.24, 2.45) is 4.99 Å². The van der Waals surface area contributed by atoms with Crippen LogP contribution in [0.1, 0.15) is 84.5 Å². The van der Waals surface area contributed by atoms with Gasteiger partial charge < -0.3 is 9.80 Å². The molecular formula is C21H38N4O2S. The Balaban J connectivity index is 1.87. The highest BCUT2D eigenvalue weighted by Crippen LogP contribution is 2.29. The van der Waals surface area contributed by atoms with Crippen LogP contribution in [0.3, 0.4) is 0 Å². The summed E-state index contributed by atoms with van der Waals surface area (Å²) in [6.45, 7) is 5.28. The summed E-state index contributed by atoms with van der Waals surface area (Å²) in [7, 11) is 1.72. The number of fused-ring (bicyclic) bond motifs is 1. The van der Waals surface area contributed by atoms with Crippen LogP contribution in [0.2, 0.25) is 0 Å². The van der Waals surface area contributed by atoms with Crippen LogP contribution in [0.15, 0.2) is 4.99 Å². The fourth-order valence-electron chi connectivity index (χ4n) is 3.79. The molecule has 2 unspecified atom stereocenters. The first kappa shape index (κ1) is 23.0. The normalized spacial score (nSPS) is 21.8. The second kappa shape index (κ2) is 12.3. The van der Waals surface area contributed by atoms with E-state index < -0.39 is 0 Å². The Labute approximate surface area is 174 Å². The predicted molar refractivity (Wildman–Crippen MR) is 118 cm³/mol. The summed E-state index contributed by atoms with van der Waals surface area (Å²) in [4.78, 5) is 32.9. The molecule has 1 saturated heterocycles. The van der Waals surface area contributed by atoms with Gasteiger partial charge in [0.15, 0.2) is 17.4 Å². The molecular weight excluding hydrogens is 372 g/mol. The first-order chi connectivity index (χ1) is 13.6. The Hall–Kier alpha value is -1.24. The molecule has 28 heavy (non-hydrogen) atoms. The van der Waals surface area contributed by atoms with Crippen LogP contribution in [0.4, 0.5) is 4.79 Å². The van der Waals surface area contributed by atoms with E-state index in [1.807, 2.05) is 0 Å². The molecule has 6 nitrogen and oxygen atoms in total. The van der Waals surface area contributed by atoms with E-state index in [9.17, 15) is 9.59 Å². The van der Waals surface area contributed by atoms with E-state index in [2.05, 4.69) is 24.1 Å². The lowest BCUT2D eigenvalue weighted by molar-refractivity contribution is -0.127. The van der Waals surface area contributed by atoms with E-state index in [-0.39, 0.29) is 24.1 Å². The highest BCUT2D eigenvalue weighted by Gasteiger charge is 2.48. The third kappa shape index (κ3) is 6.39. The van der Waals surface area contributed by atoms with Gasteiger partial charge in [-0.05, 0) is 12.8 Å². The van der Waals surface area contributed by atoms with Gasteiger partial charge in [-0.2, -0.15) is 0 Å². The molecule has 160 valence electrons. The number of aliphatic imine (C=N–C) groups is 1. The molecule has 7 heteroatoms. The van der Waals surface area contributed by atoms with Crippen LogP contribution in [0.5, 0.6) is 0 Å². The number of carbonyl (C=O) groups is 2. The molecule has 3 amide bonds. The molecule has 0 aromatic heterocycles. The monoisotopic (exact) mass is 410 g/mol. The van der Waals surface area contributed by atoms with E-state index in [4.69, 9.17) is 4.99 Å². The van der Waals surface area contributed by atoms with E-state index in [0.29, 0.717) is 0 Å². The predicted octanol–water partition coefficient (Wildman–Crippen LogP) is 4.60. The number of likely N-dealkylation sites (N-methyl/N-ethyl adjacent to an activating group) is 1. The maximum atomic E-state index is 12.5. The van der Waals surface area contributed by atoms with Crippen LogP contribution >= 0.6 is 11.8 Å². The molecule has 2 rings (SSSR count). The van der Waals surface area contributed by atoms with Crippen molar-refractivity contribution in [2.45, 2.75) is 96.7 Å². The molecule has 2 atom stereocenters. The lowest BCUT2D eigenvalue weighted by atomic mass is 10.1. The quantitative estimate of drug-likeness (QED) is 0.451. The number of carbonyl (C=O) groups excluding carboxylic acids is 2. The number of thioether (sulfide) groups is 1. The Morgan fingerprint density at radius 3 is 2.21 bits per heavy atom. The van der Waals surface area contributed by atoms with Gasteiger partial charge in [0.2, 0.25) is 0 Å². The SMILES string of the molecule is CCCCCCCCCSC1=NC2C(C(=O)NC(=O)N2C)N1CCCCCC. The summed E-state index contributed by atoms with van der Waals surface area (Å²) in [5, 5.41) is 3.42. The Morgan fingerprint density at radius 1 is 0.929 bits per heavy atom. The maximum Gasteiger partial charge on any atom is 0.325 e. The lowest BCUT2D eigenvalue weighted by Gasteiger charge is -2.36. The molecule has 0 spiro atoms. The summed E-state index contributed by atoms with van der Waals surface area (Å²) >= 11 is 1.75. The van der Waals surface area contributed by atoms with Gasteiger partial charge >= 0.3 is 6.03 Å². The molecule has 0 radical (unpaired) electrons. The number of amidine groups is 1. The molecule has 0 saturated carbocycles. The number of imide groups is 1. The average Bonchev–Trinajstić information content (AvgIpc) is 3.04. The van der Waals surface area contributed by atoms with Gasteiger partial charge in [0, 0.05) is 19.3 Å². The number of hydrogen-bond acceptors (Lipinski definition) is 5. The Bertz CT molecular complexity index is 540. The second-order valence-corrected chi connectivity index (χ2v) is 8.96. The van der Waals surface area contributed by atoms with Crippen LogP contribution < -0.4 is 5.32 Å². The largest absolute Gasteiger partial charge is 0.336 e. The van der Waals surface area contributed by atoms with Gasteiger partial charge in [0.1, 0.15) is 0 Å². The van der Waals surface area contributed by atoms with Gasteiger partial charge in [-0.25, -0.2) is 9.79 Å². The molecule has 0 bridgehead atoms. The molecule has 0 aromatic rings. The van der Waals surface area contributed by atoms with Gasteiger partial charge in [-0.15, -0.1) is 0 Å². The molecule has 1 N–H and O–H groups in total. The Kier molecular flexibility index (Phi) is 10.2. The fourth-order valence-corrected chi connectivity index (χ4v) is 4.87. The fraction of sp³-hybridized carbons (Fsp3) is 0.857. The standard InChI is InChI=1S/C21H38N4O2S/c1-4-6-8-10-11-12-14-16-28-21-22-18-17(19(26)23-20(27)24(18)3)25(21)15-13-9-7-5-2/h17-18H,4-16H2,1-3H3,(H,23,26,27). The number of unbranched alkanes of at least 4 members (excludes halogenated alkanes) is 9. The van der Waals surface area contributed by atoms with E-state index in [0.717, 1.165) is 30.3 Å². The van der Waals surface area contributed by atoms with Crippen LogP contribution in [-0.4, -0.2) is 58.5 Å². The summed E-state index contributed by atoms with van der Waals surface area (Å²) in [6.07, 6.45) is 13.3. The Morgan fingerprint density at radius 2 is 1.54 bits per heavy atom. The zero-order valence-corrected chi connectivity index (χ0v) is 18.7. The highest BCUT2D eigenvalue weighted by molar-refractivity contribution is 8.13. The molecule has 0 aromatic carbocycles. The zero-order valence-electron chi connectivity index (χ0n) is 17.9. The van der Waals surface area contributed by atoms with E-state index >= 15 is 0 Å². The van der Waals surface area contributed by atoms with E-state index in [1.165, 1.54) is 57.8 Å². The first-order valence-corrected chi connectivity index (χ1v) is 12.1. The molecule has 1 fully saturated rings. The van der Waals surface area contributed by atoms with Gasteiger partial charge in [-0.3, -0.25) is 10.1 Å². The zero-order chi connectivity index (χ0) is 20.4. The smallest absolute Gasteiger partial charge is 0.325 e. The van der Waals surface area contributed by atoms with Crippen molar-refractivity contribution in [3.63, 3.8) is 0 Å². The number of urea groups is 1. The minimum Gasteiger partial charge on any atom is -0.336 e. The van der Waals surface area contributed by atoms with Crippen LogP contribution in [0, 0.1) is 0 Å². The number of nitrogens with zero attached hydrogens (tertiary/aromatic N) is 3. The minimum atomic E-state index is -0.385. The summed E-state index contributed by atoms with van der Waals surface area (Å²) < 4.78 is 0. The van der Waals surface area contributed by atoms with Crippen molar-refractivity contribution in [2.75, 3.05) is 19.3 Å². The van der Waals surface area contributed by atoms with Crippen LogP contribution in [-0.2, 0) is 4.79 Å². The number of rotatable bonds is 13. The van der Waals surface area contributed by atoms with Crippen molar-refractivity contribution < 1.29 is 9.59 Å². The topological polar surface area (TPSA) is 65.0 Å². The van der Waals surface area contributed by atoms with Crippen molar-refractivity contribution >= 4 is 28.9 Å². The number of amides is 3. The van der Waals surface area contributed by atoms with Crippen molar-refractivity contribution in [1.82, 2.24) is 15.1 Å². The second-order valence-electron chi connectivity index (χ2n) is 7.90. The summed E-state index contributed by atoms with van der Waals surface area (Å²) in [6, 6.07) is -0.722. The van der Waals surface area contributed by atoms with E-state index in [1.54, 1.807) is 23.7 Å². The lowest BCUT2D eigenvalue weighted by Crippen LogP contribution is -2.63. The molecule has 2 aliphatic rings. The van der Waals surface area contributed by atoms with Crippen molar-refractivity contribution in [3.05, 3.63) is 0 Å². The minimum absolute atomic E-state index is 0.209. The highest BCUT2D eigenvalue weighted by atomic mass is 32.2. The third-order valence-electron chi connectivity index (χ3n) is 5.55. The maximum absolute atomic E-state index is 12.5. The molecule has 0 aliphatic carbocycles. The number of nitrogens with one attached hydrogen (secondary N) is 1. The van der Waals surface area contributed by atoms with Gasteiger partial charge in [-0.1, -0.05) is 83.4 Å². The first-order valence-electron chi connectivity index (χ1n) is 11.1. The summed E-state index contributed by atoms with van der Waals surface area (Å²) in [5.41, 5.74) is 0. The number of hydrogen-bond donors (Lipinski definition) is 1. The van der Waals surface area contributed by atoms with Crippen LogP contribution in [0.25, 0.3) is 0 Å². The average molecular weight is 411 g/mol. The van der Waals surface area contributed by atoms with Gasteiger partial charge in [0.05, 0.1) is 0 Å². The molecule has 2 aliphatic heterocycles. The van der Waals surface area contributed by atoms with Crippen molar-refractivity contribution in [3.8, 4) is 0 Å². The van der Waals surface area contributed by atoms with Crippen molar-refractivity contribution in [1.29, 1.82) is 0 Å². The third-order valence-corrected chi connectivity index (χ3v) is 6.65.